The molecule has 1 saturated heterocycles. The van der Waals surface area contributed by atoms with Crippen molar-refractivity contribution in [3.05, 3.63) is 29.6 Å². The lowest BCUT2D eigenvalue weighted by atomic mass is 10.2. The molecule has 6 heteroatoms. The van der Waals surface area contributed by atoms with Crippen LogP contribution >= 0.6 is 0 Å². The first kappa shape index (κ1) is 17.7. The summed E-state index contributed by atoms with van der Waals surface area (Å²) < 4.78 is 13.4. The smallest absolute Gasteiger partial charge is 0.319 e. The maximum Gasteiger partial charge on any atom is 0.319 e. The Kier molecular flexibility index (Phi) is 6.80. The predicted octanol–water partition coefficient (Wildman–Crippen LogP) is 2.28. The van der Waals surface area contributed by atoms with Crippen LogP contribution in [0.2, 0.25) is 0 Å². The molecular formula is C17H27FN4O. The van der Waals surface area contributed by atoms with Gasteiger partial charge in [-0.05, 0) is 37.6 Å². The van der Waals surface area contributed by atoms with Crippen molar-refractivity contribution >= 4 is 11.7 Å². The van der Waals surface area contributed by atoms with Crippen LogP contribution in [0, 0.1) is 12.7 Å². The van der Waals surface area contributed by atoms with Gasteiger partial charge < -0.3 is 15.5 Å². The second kappa shape index (κ2) is 8.84. The lowest BCUT2D eigenvalue weighted by Gasteiger charge is -2.34. The van der Waals surface area contributed by atoms with Crippen molar-refractivity contribution in [3.8, 4) is 0 Å². The molecule has 0 aromatic heterocycles. The number of piperazine rings is 1. The number of aryl methyl sites for hydroxylation is 1. The molecule has 128 valence electrons. The predicted molar refractivity (Wildman–Crippen MR) is 91.3 cm³/mol. The van der Waals surface area contributed by atoms with Crippen LogP contribution < -0.4 is 10.6 Å². The topological polar surface area (TPSA) is 47.6 Å². The van der Waals surface area contributed by atoms with Crippen molar-refractivity contribution in [2.75, 3.05) is 51.1 Å². The van der Waals surface area contributed by atoms with E-state index in [-0.39, 0.29) is 11.8 Å². The van der Waals surface area contributed by atoms with Crippen molar-refractivity contribution in [2.24, 2.45) is 0 Å². The number of hydrogen-bond acceptors (Lipinski definition) is 3. The molecule has 5 nitrogen and oxygen atoms in total. The summed E-state index contributed by atoms with van der Waals surface area (Å²) in [6.45, 7) is 10.8. The summed E-state index contributed by atoms with van der Waals surface area (Å²) in [6.07, 6.45) is 1.20. The Morgan fingerprint density at radius 1 is 1.17 bits per heavy atom. The molecule has 0 aliphatic carbocycles. The van der Waals surface area contributed by atoms with E-state index in [4.69, 9.17) is 0 Å². The van der Waals surface area contributed by atoms with Crippen molar-refractivity contribution in [3.63, 3.8) is 0 Å². The molecule has 0 bridgehead atoms. The van der Waals surface area contributed by atoms with E-state index in [9.17, 15) is 9.18 Å². The summed E-state index contributed by atoms with van der Waals surface area (Å²) in [5, 5.41) is 5.48. The first-order valence-corrected chi connectivity index (χ1v) is 8.34. The Hall–Kier alpha value is -1.66. The Labute approximate surface area is 137 Å². The molecule has 1 heterocycles. The minimum absolute atomic E-state index is 0.294. The number of carbonyl (C=O) groups is 1. The Morgan fingerprint density at radius 3 is 2.43 bits per heavy atom. The van der Waals surface area contributed by atoms with E-state index in [0.717, 1.165) is 32.7 Å². The normalized spacial score (nSPS) is 16.3. The van der Waals surface area contributed by atoms with Gasteiger partial charge in [-0.1, -0.05) is 13.0 Å². The summed E-state index contributed by atoms with van der Waals surface area (Å²) >= 11 is 0. The van der Waals surface area contributed by atoms with Gasteiger partial charge in [-0.25, -0.2) is 9.18 Å². The minimum atomic E-state index is -0.312. The number of nitrogens with zero attached hydrogens (tertiary/aromatic N) is 2. The van der Waals surface area contributed by atoms with Gasteiger partial charge in [0.1, 0.15) is 5.82 Å². The molecule has 1 aliphatic rings. The number of benzene rings is 1. The second-order valence-corrected chi connectivity index (χ2v) is 6.03. The molecule has 23 heavy (non-hydrogen) atoms. The molecule has 1 fully saturated rings. The zero-order valence-electron chi connectivity index (χ0n) is 14.1. The van der Waals surface area contributed by atoms with Crippen LogP contribution in [0.15, 0.2) is 18.2 Å². The third-order valence-electron chi connectivity index (χ3n) is 4.15. The number of amides is 2. The number of hydrogen-bond donors (Lipinski definition) is 2. The molecule has 0 unspecified atom stereocenters. The SMILES string of the molecule is CCCN1CCN(CCNC(=O)Nc2ccc(C)c(F)c2)CC1. The molecule has 0 saturated carbocycles. The molecule has 1 aromatic rings. The molecule has 2 rings (SSSR count). The molecule has 1 aromatic carbocycles. The lowest BCUT2D eigenvalue weighted by Crippen LogP contribution is -2.48. The summed E-state index contributed by atoms with van der Waals surface area (Å²) in [5.41, 5.74) is 1.04. The fraction of sp³-hybridized carbons (Fsp3) is 0.588. The van der Waals surface area contributed by atoms with E-state index in [1.54, 1.807) is 19.1 Å². The number of halogens is 1. The monoisotopic (exact) mass is 322 g/mol. The standard InChI is InChI=1S/C17H27FN4O/c1-3-7-21-9-11-22(12-10-21)8-6-19-17(23)20-15-5-4-14(2)16(18)13-15/h4-5,13H,3,6-12H2,1-2H3,(H2,19,20,23). The Balaban J connectivity index is 1.64. The number of urea groups is 1. The molecular weight excluding hydrogens is 295 g/mol. The van der Waals surface area contributed by atoms with Crippen LogP contribution in [-0.2, 0) is 0 Å². The maximum atomic E-state index is 13.4. The largest absolute Gasteiger partial charge is 0.337 e. The summed E-state index contributed by atoms with van der Waals surface area (Å²) in [7, 11) is 0. The fourth-order valence-electron chi connectivity index (χ4n) is 2.73. The number of rotatable bonds is 6. The summed E-state index contributed by atoms with van der Waals surface area (Å²) in [6, 6.07) is 4.39. The van der Waals surface area contributed by atoms with E-state index < -0.39 is 0 Å². The van der Waals surface area contributed by atoms with Gasteiger partial charge in [0.2, 0.25) is 0 Å². The fourth-order valence-corrected chi connectivity index (χ4v) is 2.73. The number of nitrogens with one attached hydrogen (secondary N) is 2. The van der Waals surface area contributed by atoms with E-state index >= 15 is 0 Å². The van der Waals surface area contributed by atoms with Crippen molar-refractivity contribution in [1.82, 2.24) is 15.1 Å². The first-order valence-electron chi connectivity index (χ1n) is 8.34. The summed E-state index contributed by atoms with van der Waals surface area (Å²) in [4.78, 5) is 16.7. The van der Waals surface area contributed by atoms with Crippen molar-refractivity contribution < 1.29 is 9.18 Å². The Morgan fingerprint density at radius 2 is 1.83 bits per heavy atom. The van der Waals surface area contributed by atoms with E-state index in [2.05, 4.69) is 27.4 Å². The highest BCUT2D eigenvalue weighted by molar-refractivity contribution is 5.89. The molecule has 0 spiro atoms. The van der Waals surface area contributed by atoms with Gasteiger partial charge in [-0.15, -0.1) is 0 Å². The van der Waals surface area contributed by atoms with Crippen LogP contribution in [-0.4, -0.2) is 61.6 Å². The molecule has 1 aliphatic heterocycles. The van der Waals surface area contributed by atoms with Gasteiger partial charge in [0, 0.05) is 45.0 Å². The lowest BCUT2D eigenvalue weighted by molar-refractivity contribution is 0.133. The third-order valence-corrected chi connectivity index (χ3v) is 4.15. The van der Waals surface area contributed by atoms with Crippen molar-refractivity contribution in [2.45, 2.75) is 20.3 Å². The Bertz CT molecular complexity index is 515. The van der Waals surface area contributed by atoms with E-state index in [1.165, 1.54) is 19.0 Å². The zero-order valence-corrected chi connectivity index (χ0v) is 14.1. The quantitative estimate of drug-likeness (QED) is 0.845. The third kappa shape index (κ3) is 5.80. The van der Waals surface area contributed by atoms with Gasteiger partial charge in [-0.2, -0.15) is 0 Å². The average molecular weight is 322 g/mol. The van der Waals surface area contributed by atoms with Crippen LogP contribution in [0.4, 0.5) is 14.9 Å². The van der Waals surface area contributed by atoms with Gasteiger partial charge >= 0.3 is 6.03 Å². The maximum absolute atomic E-state index is 13.4. The molecule has 2 N–H and O–H groups in total. The number of anilines is 1. The van der Waals surface area contributed by atoms with Crippen LogP contribution in [0.3, 0.4) is 0 Å². The number of carbonyl (C=O) groups excluding carboxylic acids is 1. The van der Waals surface area contributed by atoms with Crippen LogP contribution in [0.25, 0.3) is 0 Å². The van der Waals surface area contributed by atoms with Crippen LogP contribution in [0.5, 0.6) is 0 Å². The van der Waals surface area contributed by atoms with Crippen molar-refractivity contribution in [1.29, 1.82) is 0 Å². The zero-order chi connectivity index (χ0) is 16.7. The van der Waals surface area contributed by atoms with E-state index in [0.29, 0.717) is 17.8 Å². The second-order valence-electron chi connectivity index (χ2n) is 6.03. The summed E-state index contributed by atoms with van der Waals surface area (Å²) in [5.74, 6) is -0.312. The van der Waals surface area contributed by atoms with Gasteiger partial charge in [0.25, 0.3) is 0 Å². The molecule has 0 atom stereocenters. The van der Waals surface area contributed by atoms with Gasteiger partial charge in [0.15, 0.2) is 0 Å². The van der Waals surface area contributed by atoms with Crippen LogP contribution in [0.1, 0.15) is 18.9 Å². The molecule has 2 amide bonds. The highest BCUT2D eigenvalue weighted by Crippen LogP contribution is 2.13. The highest BCUT2D eigenvalue weighted by atomic mass is 19.1. The molecule has 0 radical (unpaired) electrons. The minimum Gasteiger partial charge on any atom is -0.337 e. The average Bonchev–Trinajstić information content (AvgIpc) is 2.53. The van der Waals surface area contributed by atoms with E-state index in [1.807, 2.05) is 0 Å². The highest BCUT2D eigenvalue weighted by Gasteiger charge is 2.15. The van der Waals surface area contributed by atoms with Gasteiger partial charge in [-0.3, -0.25) is 4.90 Å². The first-order chi connectivity index (χ1) is 11.1. The van der Waals surface area contributed by atoms with Gasteiger partial charge in [0.05, 0.1) is 0 Å².